The summed E-state index contributed by atoms with van der Waals surface area (Å²) in [5.41, 5.74) is 0.648. The number of benzene rings is 1. The highest BCUT2D eigenvalue weighted by atomic mass is 16.5. The molecule has 8 heteroatoms. The first-order valence-corrected chi connectivity index (χ1v) is 7.41. The summed E-state index contributed by atoms with van der Waals surface area (Å²) in [4.78, 5) is 38.0. The van der Waals surface area contributed by atoms with Crippen molar-refractivity contribution in [2.24, 2.45) is 0 Å². The molecule has 8 nitrogen and oxygen atoms in total. The maximum absolute atomic E-state index is 11.9. The molecule has 0 fully saturated rings. The van der Waals surface area contributed by atoms with Crippen molar-refractivity contribution in [1.82, 2.24) is 15.1 Å². The summed E-state index contributed by atoms with van der Waals surface area (Å²) >= 11 is 0. The van der Waals surface area contributed by atoms with Gasteiger partial charge in [-0.25, -0.2) is 0 Å². The zero-order valence-electron chi connectivity index (χ0n) is 14.5. The average molecular weight is 336 g/mol. The summed E-state index contributed by atoms with van der Waals surface area (Å²) in [6, 6.07) is 6.95. The largest absolute Gasteiger partial charge is 0.497 e. The highest BCUT2D eigenvalue weighted by Gasteiger charge is 2.12. The van der Waals surface area contributed by atoms with Crippen molar-refractivity contribution in [3.05, 3.63) is 24.3 Å². The number of ether oxygens (including phenoxy) is 1. The van der Waals surface area contributed by atoms with Gasteiger partial charge in [0.2, 0.25) is 17.7 Å². The fourth-order valence-corrected chi connectivity index (χ4v) is 1.81. The van der Waals surface area contributed by atoms with Gasteiger partial charge in [0.25, 0.3) is 0 Å². The van der Waals surface area contributed by atoms with Crippen LogP contribution in [-0.4, -0.2) is 75.4 Å². The minimum atomic E-state index is -0.315. The van der Waals surface area contributed by atoms with Crippen molar-refractivity contribution < 1.29 is 19.1 Å². The highest BCUT2D eigenvalue weighted by Crippen LogP contribution is 2.14. The lowest BCUT2D eigenvalue weighted by atomic mass is 10.3. The maximum Gasteiger partial charge on any atom is 0.241 e. The molecule has 24 heavy (non-hydrogen) atoms. The quantitative estimate of drug-likeness (QED) is 0.684. The molecule has 1 aromatic carbocycles. The second-order valence-corrected chi connectivity index (χ2v) is 5.51. The van der Waals surface area contributed by atoms with Crippen molar-refractivity contribution in [2.45, 2.75) is 0 Å². The Kier molecular flexibility index (Phi) is 7.70. The molecule has 1 rings (SSSR count). The molecule has 0 atom stereocenters. The Morgan fingerprint density at radius 1 is 1.00 bits per heavy atom. The van der Waals surface area contributed by atoms with Gasteiger partial charge in [-0.05, 0) is 31.3 Å². The monoisotopic (exact) mass is 336 g/mol. The number of anilines is 1. The third-order valence-corrected chi connectivity index (χ3v) is 3.14. The van der Waals surface area contributed by atoms with Gasteiger partial charge in [-0.3, -0.25) is 19.3 Å². The fraction of sp³-hybridized carbons (Fsp3) is 0.438. The van der Waals surface area contributed by atoms with Gasteiger partial charge >= 0.3 is 0 Å². The average Bonchev–Trinajstić information content (AvgIpc) is 2.52. The first-order chi connectivity index (χ1) is 11.3. The molecule has 0 heterocycles. The predicted octanol–water partition coefficient (Wildman–Crippen LogP) is -0.230. The SMILES string of the molecule is COc1ccc(NC(=O)CN(C)CC(=O)NCC(=O)N(C)C)cc1. The Hall–Kier alpha value is -2.61. The summed E-state index contributed by atoms with van der Waals surface area (Å²) < 4.78 is 5.04. The van der Waals surface area contributed by atoms with Crippen molar-refractivity contribution in [3.8, 4) is 5.75 Å². The van der Waals surface area contributed by atoms with Gasteiger partial charge in [0.05, 0.1) is 26.7 Å². The van der Waals surface area contributed by atoms with Crippen LogP contribution in [-0.2, 0) is 14.4 Å². The van der Waals surface area contributed by atoms with Crippen LogP contribution in [0.2, 0.25) is 0 Å². The molecule has 1 aromatic rings. The number of hydrogen-bond acceptors (Lipinski definition) is 5. The van der Waals surface area contributed by atoms with Crippen molar-refractivity contribution in [2.75, 3.05) is 53.2 Å². The van der Waals surface area contributed by atoms with Gasteiger partial charge < -0.3 is 20.3 Å². The highest BCUT2D eigenvalue weighted by molar-refractivity contribution is 5.92. The number of nitrogens with zero attached hydrogens (tertiary/aromatic N) is 2. The second-order valence-electron chi connectivity index (χ2n) is 5.51. The van der Waals surface area contributed by atoms with Crippen molar-refractivity contribution in [1.29, 1.82) is 0 Å². The van der Waals surface area contributed by atoms with E-state index in [-0.39, 0.29) is 37.4 Å². The lowest BCUT2D eigenvalue weighted by molar-refractivity contribution is -0.131. The van der Waals surface area contributed by atoms with E-state index >= 15 is 0 Å². The van der Waals surface area contributed by atoms with E-state index in [0.717, 1.165) is 0 Å². The molecule has 0 aliphatic heterocycles. The van der Waals surface area contributed by atoms with Crippen LogP contribution >= 0.6 is 0 Å². The van der Waals surface area contributed by atoms with E-state index in [1.807, 2.05) is 0 Å². The van der Waals surface area contributed by atoms with Gasteiger partial charge in [0, 0.05) is 19.8 Å². The Morgan fingerprint density at radius 2 is 1.58 bits per heavy atom. The number of carbonyl (C=O) groups excluding carboxylic acids is 3. The maximum atomic E-state index is 11.9. The normalized spacial score (nSPS) is 10.2. The lowest BCUT2D eigenvalue weighted by Crippen LogP contribution is -2.42. The van der Waals surface area contributed by atoms with Crippen molar-refractivity contribution in [3.63, 3.8) is 0 Å². The molecular weight excluding hydrogens is 312 g/mol. The molecule has 132 valence electrons. The van der Waals surface area contributed by atoms with Crippen LogP contribution in [0.1, 0.15) is 0 Å². The Morgan fingerprint density at radius 3 is 2.12 bits per heavy atom. The Balaban J connectivity index is 2.35. The molecule has 0 saturated heterocycles. The van der Waals surface area contributed by atoms with E-state index in [4.69, 9.17) is 4.74 Å². The summed E-state index contributed by atoms with van der Waals surface area (Å²) in [5.74, 6) is -0.0397. The zero-order valence-corrected chi connectivity index (χ0v) is 14.5. The number of methoxy groups -OCH3 is 1. The fourth-order valence-electron chi connectivity index (χ4n) is 1.81. The summed E-state index contributed by atoms with van der Waals surface area (Å²) in [7, 11) is 6.45. The molecule has 0 radical (unpaired) electrons. The standard InChI is InChI=1S/C16H24N4O4/c1-19(2)16(23)9-17-14(21)10-20(3)11-15(22)18-12-5-7-13(24-4)8-6-12/h5-8H,9-11H2,1-4H3,(H,17,21)(H,18,22). The smallest absolute Gasteiger partial charge is 0.241 e. The van der Waals surface area contributed by atoms with Gasteiger partial charge in [-0.2, -0.15) is 0 Å². The second kappa shape index (κ2) is 9.51. The van der Waals surface area contributed by atoms with Crippen LogP contribution in [0.5, 0.6) is 5.75 Å². The van der Waals surface area contributed by atoms with Crippen LogP contribution < -0.4 is 15.4 Å². The topological polar surface area (TPSA) is 91.0 Å². The molecule has 0 aromatic heterocycles. The molecule has 0 aliphatic carbocycles. The number of amides is 3. The van der Waals surface area contributed by atoms with Crippen LogP contribution in [0.25, 0.3) is 0 Å². The summed E-state index contributed by atoms with van der Waals surface area (Å²) in [6.45, 7) is 0.0233. The molecule has 2 N–H and O–H groups in total. The molecule has 3 amide bonds. The first-order valence-electron chi connectivity index (χ1n) is 7.41. The van der Waals surface area contributed by atoms with E-state index in [9.17, 15) is 14.4 Å². The number of rotatable bonds is 8. The number of nitrogens with one attached hydrogen (secondary N) is 2. The number of likely N-dealkylation sites (N-methyl/N-ethyl adjacent to an activating group) is 2. The minimum Gasteiger partial charge on any atom is -0.497 e. The van der Waals surface area contributed by atoms with Crippen LogP contribution in [0.3, 0.4) is 0 Å². The van der Waals surface area contributed by atoms with E-state index in [0.29, 0.717) is 11.4 Å². The molecule has 0 saturated carbocycles. The molecule has 0 bridgehead atoms. The van der Waals surface area contributed by atoms with E-state index in [1.54, 1.807) is 57.4 Å². The Bertz CT molecular complexity index is 572. The zero-order chi connectivity index (χ0) is 18.1. The molecule has 0 spiro atoms. The van der Waals surface area contributed by atoms with Gasteiger partial charge in [-0.1, -0.05) is 0 Å². The predicted molar refractivity (Wildman–Crippen MR) is 90.8 cm³/mol. The first kappa shape index (κ1) is 19.4. The third-order valence-electron chi connectivity index (χ3n) is 3.14. The van der Waals surface area contributed by atoms with E-state index in [1.165, 1.54) is 4.90 Å². The van der Waals surface area contributed by atoms with Gasteiger partial charge in [-0.15, -0.1) is 0 Å². The molecule has 0 aliphatic rings. The van der Waals surface area contributed by atoms with Crippen LogP contribution in [0.15, 0.2) is 24.3 Å². The summed E-state index contributed by atoms with van der Waals surface area (Å²) in [5, 5.41) is 5.25. The third kappa shape index (κ3) is 7.10. The Labute approximate surface area is 141 Å². The minimum absolute atomic E-state index is 0.0245. The molecular formula is C16H24N4O4. The summed E-state index contributed by atoms with van der Waals surface area (Å²) in [6.07, 6.45) is 0. The van der Waals surface area contributed by atoms with Crippen molar-refractivity contribution >= 4 is 23.4 Å². The van der Waals surface area contributed by atoms with Crippen LogP contribution in [0, 0.1) is 0 Å². The van der Waals surface area contributed by atoms with Gasteiger partial charge in [0.15, 0.2) is 0 Å². The van der Waals surface area contributed by atoms with E-state index < -0.39 is 0 Å². The number of hydrogen-bond donors (Lipinski definition) is 2. The number of carbonyl (C=O) groups is 3. The van der Waals surface area contributed by atoms with Crippen LogP contribution in [0.4, 0.5) is 5.69 Å². The van der Waals surface area contributed by atoms with Gasteiger partial charge in [0.1, 0.15) is 5.75 Å². The van der Waals surface area contributed by atoms with E-state index in [2.05, 4.69) is 10.6 Å². The lowest BCUT2D eigenvalue weighted by Gasteiger charge is -2.16. The molecule has 0 unspecified atom stereocenters.